The van der Waals surface area contributed by atoms with Crippen molar-refractivity contribution < 1.29 is 14.7 Å². The summed E-state index contributed by atoms with van der Waals surface area (Å²) >= 11 is 1.52. The van der Waals surface area contributed by atoms with Gasteiger partial charge in [0.25, 0.3) is 0 Å². The zero-order valence-electron chi connectivity index (χ0n) is 10.5. The van der Waals surface area contributed by atoms with Crippen molar-refractivity contribution >= 4 is 23.6 Å². The number of nitrogens with zero attached hydrogens (tertiary/aromatic N) is 2. The van der Waals surface area contributed by atoms with Crippen LogP contribution in [0.25, 0.3) is 0 Å². The summed E-state index contributed by atoms with van der Waals surface area (Å²) in [4.78, 5) is 24.8. The number of aliphatic carboxylic acids is 1. The highest BCUT2D eigenvalue weighted by Gasteiger charge is 2.47. The lowest BCUT2D eigenvalue weighted by molar-refractivity contribution is -0.145. The van der Waals surface area contributed by atoms with E-state index in [2.05, 4.69) is 5.43 Å². The number of rotatable bonds is 6. The lowest BCUT2D eigenvalue weighted by Gasteiger charge is -2.33. The summed E-state index contributed by atoms with van der Waals surface area (Å²) in [6, 6.07) is 0. The minimum atomic E-state index is -0.992. The van der Waals surface area contributed by atoms with Crippen LogP contribution in [0.4, 0.5) is 0 Å². The van der Waals surface area contributed by atoms with Crippen molar-refractivity contribution in [3.05, 3.63) is 10.6 Å². The molecule has 0 aromatic rings. The number of carbonyl (C=O) groups is 2. The third kappa shape index (κ3) is 2.52. The number of fused-ring (bicyclic) bond motifs is 1. The van der Waals surface area contributed by atoms with Gasteiger partial charge in [0.2, 0.25) is 5.91 Å². The van der Waals surface area contributed by atoms with E-state index in [1.807, 2.05) is 19.1 Å². The molecule has 1 fully saturated rings. The van der Waals surface area contributed by atoms with Gasteiger partial charge in [-0.25, -0.2) is 4.79 Å². The van der Waals surface area contributed by atoms with E-state index in [0.717, 1.165) is 17.9 Å². The summed E-state index contributed by atoms with van der Waals surface area (Å²) in [7, 11) is 3.83. The number of hydrazine groups is 1. The summed E-state index contributed by atoms with van der Waals surface area (Å²) in [5.74, 6) is -1.07. The number of nitrogens with one attached hydrogen (secondary N) is 1. The van der Waals surface area contributed by atoms with E-state index in [-0.39, 0.29) is 17.0 Å². The normalized spacial score (nSPS) is 22.5. The molecule has 7 heteroatoms. The van der Waals surface area contributed by atoms with E-state index in [1.54, 1.807) is 0 Å². The fourth-order valence-electron chi connectivity index (χ4n) is 2.06. The van der Waals surface area contributed by atoms with Crippen molar-refractivity contribution in [2.45, 2.75) is 24.6 Å². The minimum Gasteiger partial charge on any atom is -0.477 e. The lowest BCUT2D eigenvalue weighted by atomic mass is 10.1. The monoisotopic (exact) mass is 271 g/mol. The number of hydrogen-bond donors (Lipinski definition) is 2. The van der Waals surface area contributed by atoms with E-state index in [9.17, 15) is 14.7 Å². The van der Waals surface area contributed by atoms with Gasteiger partial charge in [0, 0.05) is 25.5 Å². The van der Waals surface area contributed by atoms with E-state index in [4.69, 9.17) is 0 Å². The van der Waals surface area contributed by atoms with Crippen LogP contribution in [0.1, 0.15) is 19.3 Å². The molecule has 2 heterocycles. The number of allylic oxidation sites excluding steroid dienone is 1. The van der Waals surface area contributed by atoms with E-state index >= 15 is 0 Å². The van der Waals surface area contributed by atoms with Crippen LogP contribution in [0.15, 0.2) is 10.6 Å². The molecular weight excluding hydrogens is 254 g/mol. The highest BCUT2D eigenvalue weighted by Crippen LogP contribution is 2.47. The maximum absolute atomic E-state index is 11.4. The van der Waals surface area contributed by atoms with Crippen molar-refractivity contribution in [3.8, 4) is 0 Å². The second-order valence-corrected chi connectivity index (χ2v) is 5.80. The fraction of sp³-hybridized carbons (Fsp3) is 0.636. The van der Waals surface area contributed by atoms with E-state index in [1.165, 1.54) is 16.7 Å². The Morgan fingerprint density at radius 1 is 1.61 bits per heavy atom. The van der Waals surface area contributed by atoms with Crippen molar-refractivity contribution in [3.63, 3.8) is 0 Å². The number of carbonyl (C=O) groups excluding carboxylic acids is 1. The third-order valence-corrected chi connectivity index (χ3v) is 4.23. The highest BCUT2D eigenvalue weighted by molar-refractivity contribution is 8.04. The summed E-state index contributed by atoms with van der Waals surface area (Å²) in [5, 5.41) is 11.1. The molecule has 6 nitrogen and oxygen atoms in total. The molecule has 0 radical (unpaired) electrons. The molecule has 0 unspecified atom stereocenters. The van der Waals surface area contributed by atoms with Gasteiger partial charge in [-0.05, 0) is 12.8 Å². The van der Waals surface area contributed by atoms with Gasteiger partial charge < -0.3 is 5.11 Å². The Hall–Kier alpha value is -1.05. The van der Waals surface area contributed by atoms with Crippen molar-refractivity contribution in [1.82, 2.24) is 15.3 Å². The average Bonchev–Trinajstić information content (AvgIpc) is 2.57. The lowest BCUT2D eigenvalue weighted by Crippen LogP contribution is -2.48. The second-order valence-electron chi connectivity index (χ2n) is 4.52. The Morgan fingerprint density at radius 3 is 2.89 bits per heavy atom. The van der Waals surface area contributed by atoms with Gasteiger partial charge in [-0.3, -0.25) is 20.1 Å². The van der Waals surface area contributed by atoms with Gasteiger partial charge in [0.1, 0.15) is 5.70 Å². The summed E-state index contributed by atoms with van der Waals surface area (Å²) in [6.07, 6.45) is 2.01. The number of β-lactam (4-membered cyclic amide) rings is 1. The number of hydrogen-bond acceptors (Lipinski definition) is 5. The molecule has 1 atom stereocenters. The third-order valence-electron chi connectivity index (χ3n) is 2.90. The standard InChI is InChI=1S/C11H17N3O3S/c1-13(2)12-5-3-4-7-10(11(16)17)14-8(15)6-9(14)18-7/h9,12H,3-6H2,1-2H3,(H,16,17)/t9-/m1/s1. The smallest absolute Gasteiger partial charge is 0.353 e. The van der Waals surface area contributed by atoms with Crippen LogP contribution >= 0.6 is 11.8 Å². The fourth-order valence-corrected chi connectivity index (χ4v) is 3.50. The first-order chi connectivity index (χ1) is 8.50. The molecule has 0 bridgehead atoms. The number of thioether (sulfide) groups is 1. The molecule has 2 rings (SSSR count). The molecule has 0 spiro atoms. The van der Waals surface area contributed by atoms with Crippen molar-refractivity contribution in [2.75, 3.05) is 20.6 Å². The SMILES string of the molecule is CN(C)NCCCC1=C(C(=O)O)N2C(=O)C[C@H]2S1. The van der Waals surface area contributed by atoms with E-state index < -0.39 is 5.97 Å². The molecular formula is C11H17N3O3S. The van der Waals surface area contributed by atoms with Gasteiger partial charge in [0.15, 0.2) is 0 Å². The summed E-state index contributed by atoms with van der Waals surface area (Å²) in [5.41, 5.74) is 3.33. The first-order valence-electron chi connectivity index (χ1n) is 5.86. The molecule has 0 aromatic carbocycles. The maximum atomic E-state index is 11.4. The molecule has 2 N–H and O–H groups in total. The van der Waals surface area contributed by atoms with Gasteiger partial charge in [0.05, 0.1) is 11.8 Å². The number of amides is 1. The van der Waals surface area contributed by atoms with Crippen LogP contribution in [-0.4, -0.2) is 52.9 Å². The predicted octanol–water partition coefficient (Wildman–Crippen LogP) is 0.434. The molecule has 100 valence electrons. The van der Waals surface area contributed by atoms with Crippen LogP contribution in [0.5, 0.6) is 0 Å². The summed E-state index contributed by atoms with van der Waals surface area (Å²) < 4.78 is 0. The number of carboxylic acids is 1. The topological polar surface area (TPSA) is 72.9 Å². The Bertz CT molecular complexity index is 408. The zero-order chi connectivity index (χ0) is 13.3. The highest BCUT2D eigenvalue weighted by atomic mass is 32.2. The maximum Gasteiger partial charge on any atom is 0.353 e. The van der Waals surface area contributed by atoms with Crippen LogP contribution in [-0.2, 0) is 9.59 Å². The van der Waals surface area contributed by atoms with Gasteiger partial charge >= 0.3 is 5.97 Å². The van der Waals surface area contributed by atoms with Gasteiger partial charge in [-0.1, -0.05) is 0 Å². The largest absolute Gasteiger partial charge is 0.477 e. The first-order valence-corrected chi connectivity index (χ1v) is 6.74. The minimum absolute atomic E-state index is 0.0282. The Morgan fingerprint density at radius 2 is 2.33 bits per heavy atom. The van der Waals surface area contributed by atoms with Gasteiger partial charge in [-0.2, -0.15) is 0 Å². The number of carboxylic acid groups (broad SMARTS) is 1. The molecule has 2 aliphatic heterocycles. The molecule has 0 aromatic heterocycles. The Balaban J connectivity index is 1.94. The summed E-state index contributed by atoms with van der Waals surface area (Å²) in [6.45, 7) is 0.794. The predicted molar refractivity (Wildman–Crippen MR) is 68.4 cm³/mol. The van der Waals surface area contributed by atoms with Crippen molar-refractivity contribution in [1.29, 1.82) is 0 Å². The average molecular weight is 271 g/mol. The van der Waals surface area contributed by atoms with Crippen molar-refractivity contribution in [2.24, 2.45) is 0 Å². The van der Waals surface area contributed by atoms with E-state index in [0.29, 0.717) is 12.8 Å². The molecule has 1 amide bonds. The molecule has 1 saturated heterocycles. The Labute approximate surface area is 110 Å². The zero-order valence-corrected chi connectivity index (χ0v) is 11.3. The van der Waals surface area contributed by atoms with Crippen LogP contribution in [0, 0.1) is 0 Å². The quantitative estimate of drug-likeness (QED) is 0.415. The molecule has 18 heavy (non-hydrogen) atoms. The van der Waals surface area contributed by atoms with Crippen LogP contribution < -0.4 is 5.43 Å². The van der Waals surface area contributed by atoms with Crippen LogP contribution in [0.3, 0.4) is 0 Å². The molecule has 2 aliphatic rings. The van der Waals surface area contributed by atoms with Crippen LogP contribution in [0.2, 0.25) is 0 Å². The second kappa shape index (κ2) is 5.29. The molecule has 0 saturated carbocycles. The Kier molecular flexibility index (Phi) is 3.94. The first kappa shape index (κ1) is 13.4. The molecule has 0 aliphatic carbocycles. The van der Waals surface area contributed by atoms with Gasteiger partial charge in [-0.15, -0.1) is 11.8 Å².